The Labute approximate surface area is 130 Å². The Hall–Kier alpha value is -2.77. The molecule has 23 heavy (non-hydrogen) atoms. The zero-order valence-electron chi connectivity index (χ0n) is 12.0. The number of rotatable bonds is 5. The Morgan fingerprint density at radius 1 is 1.13 bits per heavy atom. The van der Waals surface area contributed by atoms with Gasteiger partial charge in [-0.2, -0.15) is 13.2 Å². The van der Waals surface area contributed by atoms with Gasteiger partial charge in [-0.05, 0) is 37.3 Å². The first-order valence-corrected chi connectivity index (χ1v) is 6.54. The van der Waals surface area contributed by atoms with Gasteiger partial charge in [0, 0.05) is 12.3 Å². The molecule has 1 unspecified atom stereocenters. The lowest BCUT2D eigenvalue weighted by Gasteiger charge is -2.11. The largest absolute Gasteiger partial charge is 0.485 e. The van der Waals surface area contributed by atoms with Crippen LogP contribution in [0.2, 0.25) is 0 Å². The van der Waals surface area contributed by atoms with Crippen molar-refractivity contribution in [3.05, 3.63) is 48.2 Å². The van der Waals surface area contributed by atoms with Crippen molar-refractivity contribution < 1.29 is 27.9 Å². The molecule has 2 aromatic rings. The summed E-state index contributed by atoms with van der Waals surface area (Å²) in [7, 11) is 0. The molecule has 0 radical (unpaired) electrons. The molecule has 0 spiro atoms. The smallest absolute Gasteiger partial charge is 0.417 e. The maximum atomic E-state index is 12.4. The van der Waals surface area contributed by atoms with Gasteiger partial charge < -0.3 is 14.7 Å². The van der Waals surface area contributed by atoms with Gasteiger partial charge in [0.1, 0.15) is 17.6 Å². The van der Waals surface area contributed by atoms with E-state index in [9.17, 15) is 13.2 Å². The summed E-state index contributed by atoms with van der Waals surface area (Å²) in [6.45, 7) is 1.69. The van der Waals surface area contributed by atoms with Crippen LogP contribution in [0, 0.1) is 0 Å². The fourth-order valence-electron chi connectivity index (χ4n) is 1.65. The molecule has 0 bridgehead atoms. The van der Waals surface area contributed by atoms with Crippen molar-refractivity contribution in [3.8, 4) is 17.4 Å². The molecule has 1 atom stereocenters. The van der Waals surface area contributed by atoms with E-state index in [1.807, 2.05) is 0 Å². The summed E-state index contributed by atoms with van der Waals surface area (Å²) in [4.78, 5) is 3.62. The SMILES string of the molecule is CC(C=NO)Oc1ccc(Oc2ccc(C(F)(F)F)cn2)cc1. The average molecular weight is 326 g/mol. The number of halogens is 3. The van der Waals surface area contributed by atoms with E-state index in [4.69, 9.17) is 14.7 Å². The highest BCUT2D eigenvalue weighted by Crippen LogP contribution is 2.30. The summed E-state index contributed by atoms with van der Waals surface area (Å²) < 4.78 is 48.1. The molecule has 0 aliphatic heterocycles. The Bertz CT molecular complexity index is 655. The van der Waals surface area contributed by atoms with Crippen LogP contribution < -0.4 is 9.47 Å². The first-order valence-electron chi connectivity index (χ1n) is 6.54. The van der Waals surface area contributed by atoms with E-state index < -0.39 is 17.8 Å². The van der Waals surface area contributed by atoms with Gasteiger partial charge in [0.15, 0.2) is 0 Å². The first-order chi connectivity index (χ1) is 10.9. The first kappa shape index (κ1) is 16.6. The molecule has 1 aromatic carbocycles. The second-order valence-corrected chi connectivity index (χ2v) is 4.54. The van der Waals surface area contributed by atoms with Gasteiger partial charge in [-0.3, -0.25) is 0 Å². The zero-order valence-corrected chi connectivity index (χ0v) is 12.0. The fourth-order valence-corrected chi connectivity index (χ4v) is 1.65. The molecule has 0 aliphatic carbocycles. The molecule has 2 rings (SSSR count). The third-order valence-corrected chi connectivity index (χ3v) is 2.71. The second-order valence-electron chi connectivity index (χ2n) is 4.54. The molecule has 5 nitrogen and oxygen atoms in total. The van der Waals surface area contributed by atoms with Crippen molar-refractivity contribution in [2.24, 2.45) is 5.16 Å². The Kier molecular flexibility index (Phi) is 5.05. The highest BCUT2D eigenvalue weighted by Gasteiger charge is 2.30. The van der Waals surface area contributed by atoms with Crippen LogP contribution in [0.15, 0.2) is 47.8 Å². The van der Waals surface area contributed by atoms with Crippen LogP contribution in [-0.2, 0) is 6.18 Å². The third-order valence-electron chi connectivity index (χ3n) is 2.71. The molecule has 8 heteroatoms. The molecule has 0 saturated heterocycles. The predicted octanol–water partition coefficient (Wildman–Crippen LogP) is 4.12. The van der Waals surface area contributed by atoms with Crippen molar-refractivity contribution in [1.29, 1.82) is 0 Å². The lowest BCUT2D eigenvalue weighted by Crippen LogP contribution is -2.12. The number of hydrogen-bond donors (Lipinski definition) is 1. The minimum atomic E-state index is -4.43. The topological polar surface area (TPSA) is 63.9 Å². The van der Waals surface area contributed by atoms with Gasteiger partial charge in [-0.25, -0.2) is 4.98 Å². The van der Waals surface area contributed by atoms with Crippen LogP contribution in [0.1, 0.15) is 12.5 Å². The minimum Gasteiger partial charge on any atom is -0.485 e. The lowest BCUT2D eigenvalue weighted by molar-refractivity contribution is -0.137. The predicted molar refractivity (Wildman–Crippen MR) is 76.1 cm³/mol. The van der Waals surface area contributed by atoms with E-state index >= 15 is 0 Å². The molecule has 1 N–H and O–H groups in total. The molecule has 122 valence electrons. The Balaban J connectivity index is 2.01. The van der Waals surface area contributed by atoms with Crippen LogP contribution in [0.3, 0.4) is 0 Å². The van der Waals surface area contributed by atoms with Gasteiger partial charge in [0.2, 0.25) is 5.88 Å². The number of nitrogens with zero attached hydrogens (tertiary/aromatic N) is 2. The summed E-state index contributed by atoms with van der Waals surface area (Å²) >= 11 is 0. The van der Waals surface area contributed by atoms with Crippen molar-refractivity contribution >= 4 is 6.21 Å². The fraction of sp³-hybridized carbons (Fsp3) is 0.200. The summed E-state index contributed by atoms with van der Waals surface area (Å²) in [5.74, 6) is 0.964. The maximum absolute atomic E-state index is 12.4. The molecule has 1 aromatic heterocycles. The Morgan fingerprint density at radius 3 is 2.30 bits per heavy atom. The van der Waals surface area contributed by atoms with Crippen LogP contribution in [0.25, 0.3) is 0 Å². The number of benzene rings is 1. The molecule has 0 fully saturated rings. The molecule has 0 amide bonds. The standard InChI is InChI=1S/C15H13F3N2O3/c1-10(8-20-21)22-12-3-5-13(6-4-12)23-14-7-2-11(9-19-14)15(16,17)18/h2-10,21H,1H3. The number of ether oxygens (including phenoxy) is 2. The van der Waals surface area contributed by atoms with Crippen molar-refractivity contribution in [3.63, 3.8) is 0 Å². The number of hydrogen-bond acceptors (Lipinski definition) is 5. The van der Waals surface area contributed by atoms with Gasteiger partial charge in [-0.1, -0.05) is 5.16 Å². The molecular formula is C15H13F3N2O3. The molecule has 1 heterocycles. The van der Waals surface area contributed by atoms with E-state index in [2.05, 4.69) is 10.1 Å². The summed E-state index contributed by atoms with van der Waals surface area (Å²) in [5.41, 5.74) is -0.840. The van der Waals surface area contributed by atoms with Gasteiger partial charge in [0.25, 0.3) is 0 Å². The maximum Gasteiger partial charge on any atom is 0.417 e. The van der Waals surface area contributed by atoms with E-state index in [0.29, 0.717) is 17.7 Å². The highest BCUT2D eigenvalue weighted by molar-refractivity contribution is 5.62. The average Bonchev–Trinajstić information content (AvgIpc) is 2.49. The highest BCUT2D eigenvalue weighted by atomic mass is 19.4. The van der Waals surface area contributed by atoms with Crippen LogP contribution in [0.5, 0.6) is 17.4 Å². The van der Waals surface area contributed by atoms with Crippen molar-refractivity contribution in [2.75, 3.05) is 0 Å². The van der Waals surface area contributed by atoms with Crippen LogP contribution >= 0.6 is 0 Å². The number of pyridine rings is 1. The van der Waals surface area contributed by atoms with E-state index in [0.717, 1.165) is 12.1 Å². The number of alkyl halides is 3. The summed E-state index contributed by atoms with van der Waals surface area (Å²) in [6.07, 6.45) is -2.92. The molecule has 0 saturated carbocycles. The quantitative estimate of drug-likeness (QED) is 0.510. The second kappa shape index (κ2) is 6.99. The molecule has 0 aliphatic rings. The normalized spacial score (nSPS) is 13.0. The zero-order chi connectivity index (χ0) is 16.9. The van der Waals surface area contributed by atoms with E-state index in [1.54, 1.807) is 31.2 Å². The summed E-state index contributed by atoms with van der Waals surface area (Å²) in [5, 5.41) is 11.3. The van der Waals surface area contributed by atoms with Gasteiger partial charge in [0.05, 0.1) is 11.8 Å². The van der Waals surface area contributed by atoms with Crippen molar-refractivity contribution in [1.82, 2.24) is 4.98 Å². The van der Waals surface area contributed by atoms with E-state index in [1.165, 1.54) is 6.21 Å². The Morgan fingerprint density at radius 2 is 1.78 bits per heavy atom. The van der Waals surface area contributed by atoms with Gasteiger partial charge >= 0.3 is 6.18 Å². The molecular weight excluding hydrogens is 313 g/mol. The van der Waals surface area contributed by atoms with Crippen LogP contribution in [0.4, 0.5) is 13.2 Å². The lowest BCUT2D eigenvalue weighted by atomic mass is 10.3. The third kappa shape index (κ3) is 4.87. The monoisotopic (exact) mass is 326 g/mol. The van der Waals surface area contributed by atoms with Crippen LogP contribution in [-0.4, -0.2) is 22.5 Å². The van der Waals surface area contributed by atoms with Crippen molar-refractivity contribution in [2.45, 2.75) is 19.2 Å². The van der Waals surface area contributed by atoms with Gasteiger partial charge in [-0.15, -0.1) is 0 Å². The number of oxime groups is 1. The minimum absolute atomic E-state index is 0.0486. The van der Waals surface area contributed by atoms with E-state index in [-0.39, 0.29) is 5.88 Å². The summed E-state index contributed by atoms with van der Waals surface area (Å²) in [6, 6.07) is 8.43. The number of aromatic nitrogens is 1.